The number of ether oxygens (including phenoxy) is 1. The molecule has 0 radical (unpaired) electrons. The molecule has 0 spiro atoms. The molecule has 0 aliphatic carbocycles. The highest BCUT2D eigenvalue weighted by atomic mass is 16.5. The van der Waals surface area contributed by atoms with E-state index in [9.17, 15) is 9.59 Å². The van der Waals surface area contributed by atoms with Crippen LogP contribution < -0.4 is 10.9 Å². The fourth-order valence-electron chi connectivity index (χ4n) is 4.39. The molecule has 186 valence electrons. The van der Waals surface area contributed by atoms with Gasteiger partial charge in [0.15, 0.2) is 0 Å². The van der Waals surface area contributed by atoms with Crippen molar-refractivity contribution in [3.05, 3.63) is 57.8 Å². The fraction of sp³-hybridized carbons (Fsp3) is 0.615. The second kappa shape index (κ2) is 12.8. The number of hydrogen-bond donors (Lipinski definition) is 2. The number of nitrogens with one attached hydrogen (secondary N) is 2. The zero-order valence-corrected chi connectivity index (χ0v) is 20.9. The molecule has 1 aliphatic rings. The lowest BCUT2D eigenvalue weighted by Crippen LogP contribution is -2.29. The van der Waals surface area contributed by atoms with E-state index < -0.39 is 0 Å². The molecule has 1 aliphatic heterocycles. The minimum atomic E-state index is -0.199. The van der Waals surface area contributed by atoms with E-state index >= 15 is 0 Å². The Labute approximate surface area is 202 Å². The van der Waals surface area contributed by atoms with E-state index in [0.717, 1.165) is 26.1 Å². The predicted molar refractivity (Wildman–Crippen MR) is 132 cm³/mol. The first-order valence-corrected chi connectivity index (χ1v) is 12.5. The van der Waals surface area contributed by atoms with Crippen molar-refractivity contribution >= 4 is 5.97 Å². The van der Waals surface area contributed by atoms with Crippen LogP contribution in [0.1, 0.15) is 63.5 Å². The van der Waals surface area contributed by atoms with E-state index in [1.54, 1.807) is 0 Å². The highest BCUT2D eigenvalue weighted by Gasteiger charge is 2.32. The van der Waals surface area contributed by atoms with Gasteiger partial charge in [-0.1, -0.05) is 58.0 Å². The number of H-pyrrole nitrogens is 1. The van der Waals surface area contributed by atoms with Gasteiger partial charge in [-0.05, 0) is 36.8 Å². The summed E-state index contributed by atoms with van der Waals surface area (Å²) in [6.45, 7) is 12.3. The largest absolute Gasteiger partial charge is 0.465 e. The zero-order valence-electron chi connectivity index (χ0n) is 20.9. The highest BCUT2D eigenvalue weighted by Crippen LogP contribution is 2.30. The normalized spacial score (nSPS) is 19.4. The molecule has 3 rings (SSSR count). The topological polar surface area (TPSA) is 100 Å². The van der Waals surface area contributed by atoms with Gasteiger partial charge in [-0.3, -0.25) is 14.5 Å². The molecule has 2 N–H and O–H groups in total. The summed E-state index contributed by atoms with van der Waals surface area (Å²) in [7, 11) is 0. The molecular formula is C26H39N5O3. The van der Waals surface area contributed by atoms with E-state index in [4.69, 9.17) is 4.74 Å². The molecule has 0 bridgehead atoms. The van der Waals surface area contributed by atoms with E-state index in [0.29, 0.717) is 49.5 Å². The number of aromatic nitrogens is 3. The van der Waals surface area contributed by atoms with Crippen molar-refractivity contribution < 1.29 is 9.53 Å². The second-order valence-electron chi connectivity index (χ2n) is 9.84. The Morgan fingerprint density at radius 1 is 1.24 bits per heavy atom. The van der Waals surface area contributed by atoms with E-state index in [1.165, 1.54) is 5.56 Å². The molecule has 1 saturated heterocycles. The molecular weight excluding hydrogens is 430 g/mol. The Kier molecular flexibility index (Phi) is 9.77. The lowest BCUT2D eigenvalue weighted by atomic mass is 9.97. The molecule has 3 atom stereocenters. The quantitative estimate of drug-likeness (QED) is 0.364. The van der Waals surface area contributed by atoms with Crippen molar-refractivity contribution in [2.75, 3.05) is 26.2 Å². The number of nitrogens with zero attached hydrogens (tertiary/aromatic N) is 3. The Balaban J connectivity index is 1.48. The van der Waals surface area contributed by atoms with Crippen LogP contribution in [0.2, 0.25) is 0 Å². The Morgan fingerprint density at radius 2 is 2.00 bits per heavy atom. The van der Waals surface area contributed by atoms with Crippen molar-refractivity contribution in [3.8, 4) is 0 Å². The monoisotopic (exact) mass is 469 g/mol. The maximum atomic E-state index is 12.6. The van der Waals surface area contributed by atoms with Crippen LogP contribution in [0.15, 0.2) is 35.1 Å². The Morgan fingerprint density at radius 3 is 2.68 bits per heavy atom. The van der Waals surface area contributed by atoms with Crippen LogP contribution in [0.3, 0.4) is 0 Å². The first-order chi connectivity index (χ1) is 16.4. The van der Waals surface area contributed by atoms with Gasteiger partial charge in [0, 0.05) is 32.1 Å². The van der Waals surface area contributed by atoms with Crippen molar-refractivity contribution in [1.82, 2.24) is 25.4 Å². The third-order valence-electron chi connectivity index (χ3n) is 6.42. The Hall–Kier alpha value is -2.58. The summed E-state index contributed by atoms with van der Waals surface area (Å²) >= 11 is 0. The second-order valence-corrected chi connectivity index (χ2v) is 9.84. The van der Waals surface area contributed by atoms with Gasteiger partial charge in [-0.25, -0.2) is 0 Å². The number of carbonyl (C=O) groups is 1. The summed E-state index contributed by atoms with van der Waals surface area (Å²) in [5, 5.41) is 11.8. The van der Waals surface area contributed by atoms with Gasteiger partial charge in [-0.15, -0.1) is 10.2 Å². The van der Waals surface area contributed by atoms with E-state index in [2.05, 4.69) is 56.6 Å². The number of hydrogen-bond acceptors (Lipinski definition) is 7. The highest BCUT2D eigenvalue weighted by molar-refractivity contribution is 5.72. The maximum Gasteiger partial charge on any atom is 0.308 e. The molecule has 1 fully saturated rings. The fourth-order valence-corrected chi connectivity index (χ4v) is 4.39. The Bertz CT molecular complexity index is 962. The summed E-state index contributed by atoms with van der Waals surface area (Å²) in [4.78, 5) is 30.2. The molecule has 0 saturated carbocycles. The van der Waals surface area contributed by atoms with E-state index in [-0.39, 0.29) is 23.4 Å². The predicted octanol–water partition coefficient (Wildman–Crippen LogP) is 3.11. The van der Waals surface area contributed by atoms with Crippen LogP contribution in [0.4, 0.5) is 0 Å². The van der Waals surface area contributed by atoms with Gasteiger partial charge >= 0.3 is 5.97 Å². The number of aromatic amines is 1. The SMILES string of the molecule is CCC(CCNCc1nnc(C2CN(Cc3ccccc3)CC2C)[nH]c1=O)C(=O)OCC(C)C. The number of carbonyl (C=O) groups excluding carboxylic acids is 1. The minimum absolute atomic E-state index is 0.138. The zero-order chi connectivity index (χ0) is 24.5. The van der Waals surface area contributed by atoms with Gasteiger partial charge < -0.3 is 15.0 Å². The van der Waals surface area contributed by atoms with Crippen LogP contribution in [-0.2, 0) is 22.6 Å². The summed E-state index contributed by atoms with van der Waals surface area (Å²) in [5.41, 5.74) is 1.45. The molecule has 3 unspecified atom stereocenters. The van der Waals surface area contributed by atoms with Gasteiger partial charge in [0.2, 0.25) is 0 Å². The van der Waals surface area contributed by atoms with Crippen molar-refractivity contribution in [3.63, 3.8) is 0 Å². The summed E-state index contributed by atoms with van der Waals surface area (Å²) < 4.78 is 5.35. The van der Waals surface area contributed by atoms with Gasteiger partial charge in [-0.2, -0.15) is 0 Å². The van der Waals surface area contributed by atoms with Gasteiger partial charge in [0.05, 0.1) is 12.5 Å². The van der Waals surface area contributed by atoms with Crippen molar-refractivity contribution in [2.45, 2.75) is 59.5 Å². The maximum absolute atomic E-state index is 12.6. The molecule has 1 aromatic carbocycles. The third kappa shape index (κ3) is 7.46. The van der Waals surface area contributed by atoms with Gasteiger partial charge in [0.25, 0.3) is 5.56 Å². The molecule has 8 heteroatoms. The number of rotatable bonds is 12. The first-order valence-electron chi connectivity index (χ1n) is 12.5. The molecule has 2 heterocycles. The average Bonchev–Trinajstić information content (AvgIpc) is 3.18. The average molecular weight is 470 g/mol. The van der Waals surface area contributed by atoms with E-state index in [1.807, 2.05) is 26.8 Å². The van der Waals surface area contributed by atoms with Crippen molar-refractivity contribution in [1.29, 1.82) is 0 Å². The number of esters is 1. The summed E-state index contributed by atoms with van der Waals surface area (Å²) in [5.74, 6) is 1.25. The first kappa shape index (κ1) is 26.0. The summed E-state index contributed by atoms with van der Waals surface area (Å²) in [6, 6.07) is 10.4. The smallest absolute Gasteiger partial charge is 0.308 e. The van der Waals surface area contributed by atoms with Crippen LogP contribution >= 0.6 is 0 Å². The van der Waals surface area contributed by atoms with Crippen LogP contribution in [0.25, 0.3) is 0 Å². The molecule has 1 aromatic heterocycles. The minimum Gasteiger partial charge on any atom is -0.465 e. The number of likely N-dealkylation sites (tertiary alicyclic amines) is 1. The third-order valence-corrected chi connectivity index (χ3v) is 6.42. The molecule has 8 nitrogen and oxygen atoms in total. The lowest BCUT2D eigenvalue weighted by molar-refractivity contribution is -0.150. The molecule has 2 aromatic rings. The lowest BCUT2D eigenvalue weighted by Gasteiger charge is -2.16. The van der Waals surface area contributed by atoms with Gasteiger partial charge in [0.1, 0.15) is 11.5 Å². The van der Waals surface area contributed by atoms with Crippen LogP contribution in [0.5, 0.6) is 0 Å². The van der Waals surface area contributed by atoms with Crippen LogP contribution in [-0.4, -0.2) is 52.3 Å². The van der Waals surface area contributed by atoms with Crippen molar-refractivity contribution in [2.24, 2.45) is 17.8 Å². The summed E-state index contributed by atoms with van der Waals surface area (Å²) in [6.07, 6.45) is 1.39. The van der Waals surface area contributed by atoms with Crippen LogP contribution in [0, 0.1) is 17.8 Å². The standard InChI is InChI=1S/C26H39N5O3/c1-5-21(26(33)34-17-18(2)3)11-12-27-13-23-25(32)28-24(30-29-23)22-16-31(14-19(22)4)15-20-9-7-6-8-10-20/h6-10,18-19,21-22,27H,5,11-17H2,1-4H3,(H,28,30,32). The molecule has 0 amide bonds. The number of benzene rings is 1. The molecule has 34 heavy (non-hydrogen) atoms.